The van der Waals surface area contributed by atoms with Crippen LogP contribution in [0.25, 0.3) is 0 Å². The summed E-state index contributed by atoms with van der Waals surface area (Å²) in [5.41, 5.74) is 7.74. The molecule has 1 aromatic carbocycles. The Morgan fingerprint density at radius 3 is 2.71 bits per heavy atom. The van der Waals surface area contributed by atoms with E-state index >= 15 is 0 Å². The first kappa shape index (κ1) is 12.4. The summed E-state index contributed by atoms with van der Waals surface area (Å²) in [6.45, 7) is 8.52. The maximum absolute atomic E-state index is 5.83. The molecular formula is C14H22N2O. The van der Waals surface area contributed by atoms with Crippen molar-refractivity contribution >= 4 is 5.69 Å². The van der Waals surface area contributed by atoms with Gasteiger partial charge in [-0.2, -0.15) is 0 Å². The van der Waals surface area contributed by atoms with E-state index in [1.54, 1.807) is 0 Å². The lowest BCUT2D eigenvalue weighted by atomic mass is 10.1. The number of nitrogens with two attached hydrogens (primary N) is 1. The van der Waals surface area contributed by atoms with Crippen molar-refractivity contribution in [3.8, 4) is 0 Å². The van der Waals surface area contributed by atoms with Crippen LogP contribution in [0.1, 0.15) is 25.5 Å². The second-order valence-corrected chi connectivity index (χ2v) is 5.18. The van der Waals surface area contributed by atoms with Crippen molar-refractivity contribution in [1.29, 1.82) is 0 Å². The first-order valence-corrected chi connectivity index (χ1v) is 6.34. The maximum Gasteiger partial charge on any atom is 0.0952 e. The fourth-order valence-corrected chi connectivity index (χ4v) is 2.30. The first-order valence-electron chi connectivity index (χ1n) is 6.34. The topological polar surface area (TPSA) is 38.5 Å². The fraction of sp³-hybridized carbons (Fsp3) is 0.571. The lowest BCUT2D eigenvalue weighted by Gasteiger charge is -2.34. The number of ether oxygens (including phenoxy) is 1. The van der Waals surface area contributed by atoms with E-state index in [9.17, 15) is 0 Å². The second-order valence-electron chi connectivity index (χ2n) is 5.18. The van der Waals surface area contributed by atoms with Crippen LogP contribution in [-0.2, 0) is 4.74 Å². The van der Waals surface area contributed by atoms with Gasteiger partial charge in [-0.25, -0.2) is 0 Å². The molecule has 0 radical (unpaired) electrons. The van der Waals surface area contributed by atoms with Gasteiger partial charge in [0.2, 0.25) is 0 Å². The zero-order chi connectivity index (χ0) is 12.3. The van der Waals surface area contributed by atoms with E-state index < -0.39 is 0 Å². The van der Waals surface area contributed by atoms with Crippen LogP contribution in [0.4, 0.5) is 5.69 Å². The first-order chi connectivity index (χ1) is 8.15. The minimum Gasteiger partial charge on any atom is -0.399 e. The predicted octanol–water partition coefficient (Wildman–Crippen LogP) is 2.30. The smallest absolute Gasteiger partial charge is 0.0952 e. The molecule has 94 valence electrons. The summed E-state index contributed by atoms with van der Waals surface area (Å²) in [5, 5.41) is 0. The van der Waals surface area contributed by atoms with Crippen LogP contribution >= 0.6 is 0 Å². The van der Waals surface area contributed by atoms with E-state index in [0.29, 0.717) is 5.92 Å². The third-order valence-electron chi connectivity index (χ3n) is 3.08. The molecule has 0 bridgehead atoms. The van der Waals surface area contributed by atoms with Crippen molar-refractivity contribution in [1.82, 2.24) is 4.90 Å². The molecule has 3 nitrogen and oxygen atoms in total. The van der Waals surface area contributed by atoms with Crippen molar-refractivity contribution in [3.63, 3.8) is 0 Å². The van der Waals surface area contributed by atoms with E-state index in [1.165, 1.54) is 5.56 Å². The molecule has 2 rings (SSSR count). The summed E-state index contributed by atoms with van der Waals surface area (Å²) < 4.78 is 5.83. The molecule has 17 heavy (non-hydrogen) atoms. The molecule has 0 aromatic heterocycles. The lowest BCUT2D eigenvalue weighted by Crippen LogP contribution is -2.40. The van der Waals surface area contributed by atoms with Crippen molar-refractivity contribution in [2.45, 2.75) is 20.0 Å². The van der Waals surface area contributed by atoms with Gasteiger partial charge in [-0.05, 0) is 23.6 Å². The monoisotopic (exact) mass is 234 g/mol. The van der Waals surface area contributed by atoms with Gasteiger partial charge in [0, 0.05) is 25.3 Å². The van der Waals surface area contributed by atoms with E-state index in [2.05, 4.69) is 30.9 Å². The standard InChI is InChI=1S/C14H22N2O/c1-11(2)9-16-7-8-17-14(10-16)12-3-5-13(15)6-4-12/h3-6,11,14H,7-10,15H2,1-2H3. The van der Waals surface area contributed by atoms with Gasteiger partial charge in [-0.15, -0.1) is 0 Å². The molecule has 1 aliphatic rings. The molecule has 1 saturated heterocycles. The summed E-state index contributed by atoms with van der Waals surface area (Å²) in [5.74, 6) is 0.708. The van der Waals surface area contributed by atoms with E-state index in [1.807, 2.05) is 12.1 Å². The molecule has 1 heterocycles. The van der Waals surface area contributed by atoms with Crippen molar-refractivity contribution in [2.24, 2.45) is 5.92 Å². The quantitative estimate of drug-likeness (QED) is 0.816. The van der Waals surface area contributed by atoms with Gasteiger partial charge >= 0.3 is 0 Å². The van der Waals surface area contributed by atoms with Crippen LogP contribution < -0.4 is 5.73 Å². The van der Waals surface area contributed by atoms with Gasteiger partial charge in [-0.3, -0.25) is 4.90 Å². The minimum atomic E-state index is 0.197. The number of benzene rings is 1. The third kappa shape index (κ3) is 3.45. The third-order valence-corrected chi connectivity index (χ3v) is 3.08. The number of nitrogen functional groups attached to an aromatic ring is 1. The fourth-order valence-electron chi connectivity index (χ4n) is 2.30. The Labute approximate surface area is 104 Å². The highest BCUT2D eigenvalue weighted by atomic mass is 16.5. The van der Waals surface area contributed by atoms with Crippen molar-refractivity contribution in [3.05, 3.63) is 29.8 Å². The summed E-state index contributed by atoms with van der Waals surface area (Å²) in [6.07, 6.45) is 0.197. The summed E-state index contributed by atoms with van der Waals surface area (Å²) >= 11 is 0. The molecule has 1 aliphatic heterocycles. The number of hydrogen-bond acceptors (Lipinski definition) is 3. The van der Waals surface area contributed by atoms with Gasteiger partial charge in [0.1, 0.15) is 0 Å². The van der Waals surface area contributed by atoms with E-state index in [4.69, 9.17) is 10.5 Å². The summed E-state index contributed by atoms with van der Waals surface area (Å²) in [6, 6.07) is 8.03. The molecule has 1 unspecified atom stereocenters. The molecule has 1 fully saturated rings. The van der Waals surface area contributed by atoms with Crippen LogP contribution in [0, 0.1) is 5.92 Å². The second kappa shape index (κ2) is 5.52. The Hall–Kier alpha value is -1.06. The highest BCUT2D eigenvalue weighted by Crippen LogP contribution is 2.23. The molecule has 0 aliphatic carbocycles. The molecule has 0 amide bonds. The Bertz CT molecular complexity index is 348. The Kier molecular flexibility index (Phi) is 4.02. The van der Waals surface area contributed by atoms with Crippen LogP contribution in [0.3, 0.4) is 0 Å². The van der Waals surface area contributed by atoms with Crippen molar-refractivity contribution in [2.75, 3.05) is 32.0 Å². The zero-order valence-electron chi connectivity index (χ0n) is 10.7. The molecule has 0 saturated carbocycles. The molecular weight excluding hydrogens is 212 g/mol. The molecule has 0 spiro atoms. The predicted molar refractivity (Wildman–Crippen MR) is 70.8 cm³/mol. The summed E-state index contributed by atoms with van der Waals surface area (Å²) in [7, 11) is 0. The largest absolute Gasteiger partial charge is 0.399 e. The Morgan fingerprint density at radius 1 is 1.35 bits per heavy atom. The zero-order valence-corrected chi connectivity index (χ0v) is 10.7. The number of nitrogens with zero attached hydrogens (tertiary/aromatic N) is 1. The lowest BCUT2D eigenvalue weighted by molar-refractivity contribution is -0.0331. The number of hydrogen-bond donors (Lipinski definition) is 1. The average Bonchev–Trinajstić information content (AvgIpc) is 2.29. The van der Waals surface area contributed by atoms with Gasteiger partial charge in [0.05, 0.1) is 12.7 Å². The van der Waals surface area contributed by atoms with Crippen LogP contribution in [0.2, 0.25) is 0 Å². The number of anilines is 1. The van der Waals surface area contributed by atoms with Crippen molar-refractivity contribution < 1.29 is 4.74 Å². The molecule has 3 heteroatoms. The average molecular weight is 234 g/mol. The SMILES string of the molecule is CC(C)CN1CCOC(c2ccc(N)cc2)C1. The molecule has 1 atom stereocenters. The van der Waals surface area contributed by atoms with E-state index in [0.717, 1.165) is 31.9 Å². The highest BCUT2D eigenvalue weighted by molar-refractivity contribution is 5.40. The van der Waals surface area contributed by atoms with Gasteiger partial charge in [0.25, 0.3) is 0 Å². The van der Waals surface area contributed by atoms with Gasteiger partial charge in [0.15, 0.2) is 0 Å². The molecule has 1 aromatic rings. The Morgan fingerprint density at radius 2 is 2.06 bits per heavy atom. The Balaban J connectivity index is 1.99. The van der Waals surface area contributed by atoms with E-state index in [-0.39, 0.29) is 6.10 Å². The minimum absolute atomic E-state index is 0.197. The number of morpholine rings is 1. The number of rotatable bonds is 3. The normalized spacial score (nSPS) is 21.9. The molecule has 2 N–H and O–H groups in total. The van der Waals surface area contributed by atoms with Crippen LogP contribution in [0.15, 0.2) is 24.3 Å². The summed E-state index contributed by atoms with van der Waals surface area (Å²) in [4.78, 5) is 2.48. The van der Waals surface area contributed by atoms with Gasteiger partial charge < -0.3 is 10.5 Å². The van der Waals surface area contributed by atoms with Crippen LogP contribution in [0.5, 0.6) is 0 Å². The van der Waals surface area contributed by atoms with Crippen LogP contribution in [-0.4, -0.2) is 31.1 Å². The van der Waals surface area contributed by atoms with Gasteiger partial charge in [-0.1, -0.05) is 26.0 Å². The highest BCUT2D eigenvalue weighted by Gasteiger charge is 2.22. The maximum atomic E-state index is 5.83.